The molecule has 2 amide bonds. The van der Waals surface area contributed by atoms with E-state index in [1.165, 1.54) is 18.0 Å². The number of esters is 1. The number of nitrogens with zero attached hydrogens (tertiary/aromatic N) is 2. The number of aryl methyl sites for hydroxylation is 2. The van der Waals surface area contributed by atoms with Crippen LogP contribution in [0.4, 0.5) is 0 Å². The molecule has 2 unspecified atom stereocenters. The highest BCUT2D eigenvalue weighted by atomic mass is 16.7. The smallest absolute Gasteiger partial charge is 0.310 e. The van der Waals surface area contributed by atoms with Crippen LogP contribution in [0, 0.1) is 0 Å². The van der Waals surface area contributed by atoms with E-state index in [0.29, 0.717) is 12.2 Å². The van der Waals surface area contributed by atoms with Gasteiger partial charge in [0.05, 0.1) is 19.2 Å². The van der Waals surface area contributed by atoms with Crippen molar-refractivity contribution >= 4 is 17.8 Å². The number of primary amides is 1. The maximum atomic E-state index is 13.5. The van der Waals surface area contributed by atoms with Crippen molar-refractivity contribution in [2.45, 2.75) is 51.2 Å². The average molecular weight is 477 g/mol. The maximum absolute atomic E-state index is 13.5. The van der Waals surface area contributed by atoms with Gasteiger partial charge in [0, 0.05) is 6.42 Å². The summed E-state index contributed by atoms with van der Waals surface area (Å²) < 4.78 is 11.2. The zero-order valence-electron chi connectivity index (χ0n) is 19.4. The molecule has 182 valence electrons. The third-order valence-electron chi connectivity index (χ3n) is 5.97. The summed E-state index contributed by atoms with van der Waals surface area (Å²) in [5, 5.41) is 0. The number of aromatic nitrogens is 2. The highest BCUT2D eigenvalue weighted by Crippen LogP contribution is 2.26. The summed E-state index contributed by atoms with van der Waals surface area (Å²) in [4.78, 5) is 46.4. The number of nitrogens with one attached hydrogen (secondary N) is 1. The second-order valence-corrected chi connectivity index (χ2v) is 8.45. The van der Waals surface area contributed by atoms with Crippen LogP contribution in [0.2, 0.25) is 0 Å². The molecule has 2 heterocycles. The quantitative estimate of drug-likeness (QED) is 0.433. The molecule has 1 fully saturated rings. The monoisotopic (exact) mass is 476 g/mol. The molecule has 4 rings (SSSR count). The lowest BCUT2D eigenvalue weighted by Crippen LogP contribution is -2.54. The topological polar surface area (TPSA) is 128 Å². The summed E-state index contributed by atoms with van der Waals surface area (Å²) in [5.74, 6) is -1.09. The van der Waals surface area contributed by atoms with Crippen molar-refractivity contribution < 1.29 is 23.9 Å². The lowest BCUT2D eigenvalue weighted by Gasteiger charge is -2.33. The SMILES string of the molecule is C[C@@H](C(N)=O)N(C(=O)c1cnc(CCc2ccccc2)[nH]1)C1CC(=O)OC1OCc1ccccc1. The number of rotatable bonds is 10. The Labute approximate surface area is 203 Å². The number of nitrogens with two attached hydrogens (primary N) is 1. The van der Waals surface area contributed by atoms with Crippen molar-refractivity contribution in [1.29, 1.82) is 0 Å². The van der Waals surface area contributed by atoms with Crippen molar-refractivity contribution in [1.82, 2.24) is 14.9 Å². The molecule has 3 aromatic rings. The molecule has 35 heavy (non-hydrogen) atoms. The Bertz CT molecular complexity index is 1160. The van der Waals surface area contributed by atoms with E-state index in [9.17, 15) is 14.4 Å². The molecule has 0 aliphatic carbocycles. The maximum Gasteiger partial charge on any atom is 0.310 e. The molecule has 0 saturated carbocycles. The zero-order valence-corrected chi connectivity index (χ0v) is 19.4. The van der Waals surface area contributed by atoms with Crippen LogP contribution >= 0.6 is 0 Å². The van der Waals surface area contributed by atoms with Crippen LogP contribution in [0.3, 0.4) is 0 Å². The van der Waals surface area contributed by atoms with Crippen molar-refractivity contribution in [3.63, 3.8) is 0 Å². The second kappa shape index (κ2) is 11.0. The number of carbonyl (C=O) groups is 3. The van der Waals surface area contributed by atoms with Gasteiger partial charge in [0.15, 0.2) is 0 Å². The van der Waals surface area contributed by atoms with E-state index in [1.54, 1.807) is 0 Å². The van der Waals surface area contributed by atoms with E-state index >= 15 is 0 Å². The van der Waals surface area contributed by atoms with Crippen LogP contribution in [0.5, 0.6) is 0 Å². The van der Waals surface area contributed by atoms with Crippen LogP contribution < -0.4 is 5.73 Å². The fraction of sp³-hybridized carbons (Fsp3) is 0.308. The number of carbonyl (C=O) groups excluding carboxylic acids is 3. The van der Waals surface area contributed by atoms with Crippen LogP contribution in [-0.2, 0) is 38.5 Å². The van der Waals surface area contributed by atoms with E-state index in [-0.39, 0.29) is 18.7 Å². The molecular formula is C26H28N4O5. The Balaban J connectivity index is 1.51. The summed E-state index contributed by atoms with van der Waals surface area (Å²) in [6.07, 6.45) is 1.65. The van der Waals surface area contributed by atoms with Gasteiger partial charge < -0.3 is 25.1 Å². The third-order valence-corrected chi connectivity index (χ3v) is 5.97. The molecule has 2 aromatic carbocycles. The van der Waals surface area contributed by atoms with Gasteiger partial charge in [-0.3, -0.25) is 14.4 Å². The number of benzene rings is 2. The Hall–Kier alpha value is -3.98. The number of cyclic esters (lactones) is 1. The highest BCUT2D eigenvalue weighted by Gasteiger charge is 2.45. The molecule has 1 aliphatic heterocycles. The molecule has 9 heteroatoms. The number of amides is 2. The van der Waals surface area contributed by atoms with Gasteiger partial charge in [0.2, 0.25) is 12.2 Å². The average Bonchev–Trinajstić information content (AvgIpc) is 3.49. The minimum Gasteiger partial charge on any atom is -0.433 e. The Kier molecular flexibility index (Phi) is 7.57. The fourth-order valence-electron chi connectivity index (χ4n) is 4.05. The third kappa shape index (κ3) is 5.93. The summed E-state index contributed by atoms with van der Waals surface area (Å²) >= 11 is 0. The summed E-state index contributed by atoms with van der Waals surface area (Å²) in [6.45, 7) is 1.69. The lowest BCUT2D eigenvalue weighted by molar-refractivity contribution is -0.171. The number of H-pyrrole nitrogens is 1. The lowest BCUT2D eigenvalue weighted by atomic mass is 10.1. The Morgan fingerprint density at radius 3 is 2.43 bits per heavy atom. The molecule has 0 bridgehead atoms. The van der Waals surface area contributed by atoms with Crippen molar-refractivity contribution in [3.8, 4) is 0 Å². The molecule has 0 spiro atoms. The van der Waals surface area contributed by atoms with Gasteiger partial charge in [-0.05, 0) is 24.5 Å². The van der Waals surface area contributed by atoms with Gasteiger partial charge >= 0.3 is 5.97 Å². The van der Waals surface area contributed by atoms with Gasteiger partial charge in [-0.25, -0.2) is 4.98 Å². The van der Waals surface area contributed by atoms with E-state index in [0.717, 1.165) is 17.5 Å². The largest absolute Gasteiger partial charge is 0.433 e. The minimum atomic E-state index is -1.03. The fourth-order valence-corrected chi connectivity index (χ4v) is 4.05. The second-order valence-electron chi connectivity index (χ2n) is 8.45. The van der Waals surface area contributed by atoms with Gasteiger partial charge in [0.25, 0.3) is 5.91 Å². The predicted molar refractivity (Wildman–Crippen MR) is 127 cm³/mol. The molecule has 3 atom stereocenters. The van der Waals surface area contributed by atoms with Crippen molar-refractivity contribution in [2.75, 3.05) is 0 Å². The van der Waals surface area contributed by atoms with Gasteiger partial charge in [-0.1, -0.05) is 60.7 Å². The number of hydrogen-bond acceptors (Lipinski definition) is 6. The molecule has 1 aromatic heterocycles. The summed E-state index contributed by atoms with van der Waals surface area (Å²) in [6, 6.07) is 17.5. The van der Waals surface area contributed by atoms with Gasteiger partial charge in [-0.15, -0.1) is 0 Å². The van der Waals surface area contributed by atoms with Crippen LogP contribution in [0.15, 0.2) is 66.9 Å². The summed E-state index contributed by atoms with van der Waals surface area (Å²) in [5.41, 5.74) is 7.79. The predicted octanol–water partition coefficient (Wildman–Crippen LogP) is 2.37. The standard InChI is InChI=1S/C26H28N4O5/c1-17(24(27)32)30(21-14-23(31)35-26(21)34-16-19-10-6-3-7-11-19)25(33)20-15-28-22(29-20)13-12-18-8-4-2-5-9-18/h2-11,15,17,21,26H,12-14,16H2,1H3,(H2,27,32)(H,28,29)/t17-,21?,26?/m0/s1. The van der Waals surface area contributed by atoms with Crippen molar-refractivity contribution in [3.05, 3.63) is 89.5 Å². The molecule has 9 nitrogen and oxygen atoms in total. The van der Waals surface area contributed by atoms with Crippen molar-refractivity contribution in [2.24, 2.45) is 5.73 Å². The van der Waals surface area contributed by atoms with Crippen LogP contribution in [-0.4, -0.2) is 51.0 Å². The van der Waals surface area contributed by atoms with E-state index in [1.807, 2.05) is 60.7 Å². The number of ether oxygens (including phenoxy) is 2. The molecule has 3 N–H and O–H groups in total. The minimum absolute atomic E-state index is 0.113. The zero-order chi connectivity index (χ0) is 24.8. The number of imidazole rings is 1. The molecular weight excluding hydrogens is 448 g/mol. The van der Waals surface area contributed by atoms with Gasteiger partial charge in [0.1, 0.15) is 23.6 Å². The first-order chi connectivity index (χ1) is 16.9. The molecule has 1 saturated heterocycles. The molecule has 0 radical (unpaired) electrons. The van der Waals surface area contributed by atoms with E-state index < -0.39 is 36.2 Å². The van der Waals surface area contributed by atoms with E-state index in [4.69, 9.17) is 15.2 Å². The summed E-state index contributed by atoms with van der Waals surface area (Å²) in [7, 11) is 0. The normalized spacial score (nSPS) is 18.1. The first-order valence-electron chi connectivity index (χ1n) is 11.5. The highest BCUT2D eigenvalue weighted by molar-refractivity contribution is 5.96. The first-order valence-corrected chi connectivity index (χ1v) is 11.5. The number of aromatic amines is 1. The van der Waals surface area contributed by atoms with Gasteiger partial charge in [-0.2, -0.15) is 0 Å². The molecule has 1 aliphatic rings. The Morgan fingerprint density at radius 2 is 1.77 bits per heavy atom. The first kappa shape index (κ1) is 24.2. The van der Waals surface area contributed by atoms with Crippen LogP contribution in [0.25, 0.3) is 0 Å². The Morgan fingerprint density at radius 1 is 1.11 bits per heavy atom. The number of hydrogen-bond donors (Lipinski definition) is 2. The van der Waals surface area contributed by atoms with Crippen LogP contribution in [0.1, 0.15) is 40.8 Å². The van der Waals surface area contributed by atoms with E-state index in [2.05, 4.69) is 9.97 Å².